The van der Waals surface area contributed by atoms with Gasteiger partial charge >= 0.3 is 0 Å². The second kappa shape index (κ2) is 6.00. The van der Waals surface area contributed by atoms with Gasteiger partial charge in [-0.3, -0.25) is 0 Å². The maximum atomic E-state index is 4.70. The van der Waals surface area contributed by atoms with Gasteiger partial charge in [0.05, 0.1) is 17.4 Å². The van der Waals surface area contributed by atoms with Crippen molar-refractivity contribution in [3.8, 4) is 0 Å². The predicted octanol–water partition coefficient (Wildman–Crippen LogP) is 4.06. The number of hydrogen-bond acceptors (Lipinski definition) is 2. The first-order valence-corrected chi connectivity index (χ1v) is 8.90. The maximum Gasteiger partial charge on any atom is 0.0981 e. The highest BCUT2D eigenvalue weighted by molar-refractivity contribution is 6.05. The standard InChI is InChI=1S/C19H26N4/c1-13-14(2)22-16-8-9-17-19(18(13)16)21-12-23(17)11-10-20-15-6-4-3-5-7-15/h8-9,12,15,20,22H,3-7,10-11H2,1-2H3. The molecule has 4 heteroatoms. The Morgan fingerprint density at radius 1 is 1.22 bits per heavy atom. The molecule has 4 rings (SSSR count). The summed E-state index contributed by atoms with van der Waals surface area (Å²) in [6.07, 6.45) is 8.86. The summed E-state index contributed by atoms with van der Waals surface area (Å²) < 4.78 is 2.28. The summed E-state index contributed by atoms with van der Waals surface area (Å²) in [6.45, 7) is 6.32. The van der Waals surface area contributed by atoms with Crippen molar-refractivity contribution < 1.29 is 0 Å². The molecular formula is C19H26N4. The SMILES string of the molecule is Cc1[nH]c2ccc3c(ncn3CCNC3CCCCC3)c2c1C. The van der Waals surface area contributed by atoms with E-state index in [1.54, 1.807) is 0 Å². The summed E-state index contributed by atoms with van der Waals surface area (Å²) in [5.41, 5.74) is 6.11. The molecule has 3 aromatic rings. The summed E-state index contributed by atoms with van der Waals surface area (Å²) in [6, 6.07) is 5.10. The van der Waals surface area contributed by atoms with Gasteiger partial charge in [0, 0.05) is 35.7 Å². The average Bonchev–Trinajstić information content (AvgIpc) is 3.10. The zero-order chi connectivity index (χ0) is 15.8. The van der Waals surface area contributed by atoms with E-state index in [0.29, 0.717) is 0 Å². The van der Waals surface area contributed by atoms with Crippen LogP contribution in [0.5, 0.6) is 0 Å². The number of nitrogens with one attached hydrogen (secondary N) is 2. The lowest BCUT2D eigenvalue weighted by molar-refractivity contribution is 0.368. The minimum atomic E-state index is 0.722. The van der Waals surface area contributed by atoms with Gasteiger partial charge in [0.1, 0.15) is 0 Å². The lowest BCUT2D eigenvalue weighted by atomic mass is 9.95. The van der Waals surface area contributed by atoms with Crippen molar-refractivity contribution >= 4 is 21.9 Å². The molecule has 0 bridgehead atoms. The Morgan fingerprint density at radius 2 is 2.04 bits per heavy atom. The van der Waals surface area contributed by atoms with E-state index in [-0.39, 0.29) is 0 Å². The molecule has 0 radical (unpaired) electrons. The lowest BCUT2D eigenvalue weighted by Crippen LogP contribution is -2.33. The predicted molar refractivity (Wildman–Crippen MR) is 95.9 cm³/mol. The highest BCUT2D eigenvalue weighted by Crippen LogP contribution is 2.28. The summed E-state index contributed by atoms with van der Waals surface area (Å²) >= 11 is 0. The molecule has 2 N–H and O–H groups in total. The van der Waals surface area contributed by atoms with Gasteiger partial charge in [-0.1, -0.05) is 19.3 Å². The Kier molecular flexibility index (Phi) is 3.85. The minimum Gasteiger partial charge on any atom is -0.358 e. The van der Waals surface area contributed by atoms with E-state index in [2.05, 4.69) is 40.8 Å². The number of benzene rings is 1. The third kappa shape index (κ3) is 2.65. The fraction of sp³-hybridized carbons (Fsp3) is 0.526. The van der Waals surface area contributed by atoms with Crippen LogP contribution in [0, 0.1) is 13.8 Å². The summed E-state index contributed by atoms with van der Waals surface area (Å²) in [4.78, 5) is 8.15. The number of aryl methyl sites for hydroxylation is 2. The molecule has 0 unspecified atom stereocenters. The van der Waals surface area contributed by atoms with E-state index in [1.165, 1.54) is 59.8 Å². The molecule has 23 heavy (non-hydrogen) atoms. The van der Waals surface area contributed by atoms with Crippen LogP contribution in [-0.2, 0) is 6.54 Å². The van der Waals surface area contributed by atoms with Gasteiger partial charge < -0.3 is 14.9 Å². The van der Waals surface area contributed by atoms with Crippen LogP contribution in [0.2, 0.25) is 0 Å². The molecule has 4 nitrogen and oxygen atoms in total. The molecule has 0 spiro atoms. The number of aromatic nitrogens is 3. The van der Waals surface area contributed by atoms with Crippen molar-refractivity contribution in [2.75, 3.05) is 6.54 Å². The molecule has 1 aliphatic rings. The number of imidazole rings is 1. The van der Waals surface area contributed by atoms with E-state index in [9.17, 15) is 0 Å². The molecular weight excluding hydrogens is 284 g/mol. The molecule has 1 fully saturated rings. The number of rotatable bonds is 4. The molecule has 1 saturated carbocycles. The molecule has 0 aliphatic heterocycles. The highest BCUT2D eigenvalue weighted by atomic mass is 15.1. The zero-order valence-corrected chi connectivity index (χ0v) is 14.2. The summed E-state index contributed by atoms with van der Waals surface area (Å²) in [7, 11) is 0. The fourth-order valence-electron chi connectivity index (χ4n) is 3.97. The van der Waals surface area contributed by atoms with Crippen LogP contribution in [-0.4, -0.2) is 27.1 Å². The maximum absolute atomic E-state index is 4.70. The first-order chi connectivity index (χ1) is 11.2. The quantitative estimate of drug-likeness (QED) is 0.763. The smallest absolute Gasteiger partial charge is 0.0981 e. The molecule has 1 aromatic carbocycles. The first-order valence-electron chi connectivity index (χ1n) is 8.90. The Bertz CT molecular complexity index is 821. The second-order valence-electron chi connectivity index (χ2n) is 6.96. The van der Waals surface area contributed by atoms with E-state index in [0.717, 1.165) is 24.6 Å². The molecule has 122 valence electrons. The Hall–Kier alpha value is -1.81. The Balaban J connectivity index is 1.55. The van der Waals surface area contributed by atoms with Crippen LogP contribution in [0.1, 0.15) is 43.4 Å². The van der Waals surface area contributed by atoms with E-state index in [4.69, 9.17) is 4.98 Å². The molecule has 0 amide bonds. The zero-order valence-electron chi connectivity index (χ0n) is 14.2. The highest BCUT2D eigenvalue weighted by Gasteiger charge is 2.14. The molecule has 0 saturated heterocycles. The number of nitrogens with zero attached hydrogens (tertiary/aromatic N) is 2. The Labute approximate surface area is 137 Å². The Morgan fingerprint density at radius 3 is 2.87 bits per heavy atom. The van der Waals surface area contributed by atoms with Crippen molar-refractivity contribution in [3.05, 3.63) is 29.7 Å². The minimum absolute atomic E-state index is 0.722. The number of aromatic amines is 1. The van der Waals surface area contributed by atoms with Gasteiger partial charge in [-0.15, -0.1) is 0 Å². The molecule has 2 heterocycles. The number of hydrogen-bond donors (Lipinski definition) is 2. The molecule has 1 aliphatic carbocycles. The van der Waals surface area contributed by atoms with Gasteiger partial charge in [0.2, 0.25) is 0 Å². The molecule has 0 atom stereocenters. The van der Waals surface area contributed by atoms with E-state index in [1.807, 2.05) is 6.33 Å². The largest absolute Gasteiger partial charge is 0.358 e. The van der Waals surface area contributed by atoms with Gasteiger partial charge in [-0.05, 0) is 44.4 Å². The van der Waals surface area contributed by atoms with Crippen LogP contribution in [0.3, 0.4) is 0 Å². The van der Waals surface area contributed by atoms with Crippen LogP contribution < -0.4 is 5.32 Å². The van der Waals surface area contributed by atoms with Crippen LogP contribution >= 0.6 is 0 Å². The van der Waals surface area contributed by atoms with Crippen molar-refractivity contribution in [1.82, 2.24) is 19.9 Å². The average molecular weight is 310 g/mol. The van der Waals surface area contributed by atoms with Crippen LogP contribution in [0.25, 0.3) is 21.9 Å². The third-order valence-corrected chi connectivity index (χ3v) is 5.44. The van der Waals surface area contributed by atoms with Crippen molar-refractivity contribution in [2.24, 2.45) is 0 Å². The van der Waals surface area contributed by atoms with Crippen molar-refractivity contribution in [1.29, 1.82) is 0 Å². The topological polar surface area (TPSA) is 45.6 Å². The summed E-state index contributed by atoms with van der Waals surface area (Å²) in [5.74, 6) is 0. The van der Waals surface area contributed by atoms with Crippen LogP contribution in [0.15, 0.2) is 18.5 Å². The molecule has 2 aromatic heterocycles. The van der Waals surface area contributed by atoms with Gasteiger partial charge in [0.15, 0.2) is 0 Å². The fourth-order valence-corrected chi connectivity index (χ4v) is 3.97. The summed E-state index contributed by atoms with van der Waals surface area (Å²) in [5, 5.41) is 5.00. The van der Waals surface area contributed by atoms with Crippen LogP contribution in [0.4, 0.5) is 0 Å². The number of fused-ring (bicyclic) bond motifs is 3. The number of H-pyrrole nitrogens is 1. The monoisotopic (exact) mass is 310 g/mol. The van der Waals surface area contributed by atoms with Crippen molar-refractivity contribution in [3.63, 3.8) is 0 Å². The first kappa shape index (κ1) is 14.8. The van der Waals surface area contributed by atoms with Gasteiger partial charge in [-0.25, -0.2) is 4.98 Å². The second-order valence-corrected chi connectivity index (χ2v) is 6.96. The normalized spacial score (nSPS) is 16.6. The van der Waals surface area contributed by atoms with Gasteiger partial charge in [0.25, 0.3) is 0 Å². The van der Waals surface area contributed by atoms with Crippen molar-refractivity contribution in [2.45, 2.75) is 58.5 Å². The van der Waals surface area contributed by atoms with Gasteiger partial charge in [-0.2, -0.15) is 0 Å². The lowest BCUT2D eigenvalue weighted by Gasteiger charge is -2.22. The van der Waals surface area contributed by atoms with E-state index < -0.39 is 0 Å². The third-order valence-electron chi connectivity index (χ3n) is 5.44. The van der Waals surface area contributed by atoms with E-state index >= 15 is 0 Å².